The maximum Gasteiger partial charge on any atom is 0.130 e. The smallest absolute Gasteiger partial charge is 0.130 e. The molecule has 1 spiro atoms. The topological polar surface area (TPSA) is 51.4 Å². The first-order valence-corrected chi connectivity index (χ1v) is 5.80. The molecule has 1 aromatic rings. The number of halogens is 1. The number of nitrogen functional groups attached to an aromatic ring is 1. The van der Waals surface area contributed by atoms with Gasteiger partial charge in [0, 0.05) is 37.4 Å². The van der Waals surface area contributed by atoms with Crippen molar-refractivity contribution in [2.45, 2.75) is 6.42 Å². The predicted molar refractivity (Wildman–Crippen MR) is 63.7 cm³/mol. The van der Waals surface area contributed by atoms with Gasteiger partial charge in [0.2, 0.25) is 0 Å². The first-order valence-electron chi connectivity index (χ1n) is 5.42. The molecular formula is C11H14ClN3O. The van der Waals surface area contributed by atoms with Crippen molar-refractivity contribution in [3.63, 3.8) is 0 Å². The van der Waals surface area contributed by atoms with Crippen molar-refractivity contribution in [3.8, 4) is 0 Å². The fourth-order valence-electron chi connectivity index (χ4n) is 2.44. The molecular weight excluding hydrogens is 226 g/mol. The molecule has 4 nitrogen and oxygen atoms in total. The van der Waals surface area contributed by atoms with Crippen LogP contribution in [0.4, 0.5) is 11.5 Å². The van der Waals surface area contributed by atoms with Crippen molar-refractivity contribution in [1.29, 1.82) is 0 Å². The fourth-order valence-corrected chi connectivity index (χ4v) is 2.54. The standard InChI is InChI=1S/C11H14ClN3O/c12-8-4-14-10(3-9(8)13)15-5-11(6-15)1-2-16-7-11/h3-4H,1-2,5-7H2,(H2,13,14). The largest absolute Gasteiger partial charge is 0.397 e. The van der Waals surface area contributed by atoms with Crippen molar-refractivity contribution in [2.75, 3.05) is 36.9 Å². The monoisotopic (exact) mass is 239 g/mol. The number of nitrogens with two attached hydrogens (primary N) is 1. The Kier molecular flexibility index (Phi) is 2.23. The summed E-state index contributed by atoms with van der Waals surface area (Å²) in [4.78, 5) is 6.51. The van der Waals surface area contributed by atoms with Crippen LogP contribution in [-0.2, 0) is 4.74 Å². The van der Waals surface area contributed by atoms with E-state index < -0.39 is 0 Å². The molecule has 2 N–H and O–H groups in total. The lowest BCUT2D eigenvalue weighted by atomic mass is 9.79. The van der Waals surface area contributed by atoms with Gasteiger partial charge < -0.3 is 15.4 Å². The van der Waals surface area contributed by atoms with Gasteiger partial charge >= 0.3 is 0 Å². The van der Waals surface area contributed by atoms with Gasteiger partial charge in [-0.15, -0.1) is 0 Å². The lowest BCUT2D eigenvalue weighted by molar-refractivity contribution is 0.131. The van der Waals surface area contributed by atoms with Crippen molar-refractivity contribution < 1.29 is 4.74 Å². The van der Waals surface area contributed by atoms with Crippen LogP contribution in [0.5, 0.6) is 0 Å². The lowest BCUT2D eigenvalue weighted by Crippen LogP contribution is -2.57. The van der Waals surface area contributed by atoms with Crippen molar-refractivity contribution in [1.82, 2.24) is 4.98 Å². The summed E-state index contributed by atoms with van der Waals surface area (Å²) in [6.45, 7) is 3.80. The number of anilines is 2. The predicted octanol–water partition coefficient (Wildman–Crippen LogP) is 1.54. The molecule has 0 aromatic carbocycles. The second-order valence-corrected chi connectivity index (χ2v) is 5.13. The second kappa shape index (κ2) is 3.50. The Bertz CT molecular complexity index is 410. The van der Waals surface area contributed by atoms with Crippen LogP contribution in [0.1, 0.15) is 6.42 Å². The van der Waals surface area contributed by atoms with Gasteiger partial charge in [-0.25, -0.2) is 4.98 Å². The molecule has 16 heavy (non-hydrogen) atoms. The van der Waals surface area contributed by atoms with E-state index in [1.54, 1.807) is 6.20 Å². The minimum absolute atomic E-state index is 0.371. The van der Waals surface area contributed by atoms with Gasteiger partial charge in [0.05, 0.1) is 17.3 Å². The third-order valence-electron chi connectivity index (χ3n) is 3.43. The average Bonchev–Trinajstić information content (AvgIpc) is 2.69. The molecule has 0 aliphatic carbocycles. The molecule has 86 valence electrons. The average molecular weight is 240 g/mol. The molecule has 2 aliphatic rings. The van der Waals surface area contributed by atoms with E-state index in [0.29, 0.717) is 16.1 Å². The zero-order chi connectivity index (χ0) is 11.2. The summed E-state index contributed by atoms with van der Waals surface area (Å²) in [5.74, 6) is 0.916. The fraction of sp³-hybridized carbons (Fsp3) is 0.545. The molecule has 3 heterocycles. The number of hydrogen-bond acceptors (Lipinski definition) is 4. The summed E-state index contributed by atoms with van der Waals surface area (Å²) < 4.78 is 5.44. The quantitative estimate of drug-likeness (QED) is 0.808. The van der Waals surface area contributed by atoms with Gasteiger partial charge in [-0.3, -0.25) is 0 Å². The number of hydrogen-bond donors (Lipinski definition) is 1. The molecule has 0 bridgehead atoms. The molecule has 2 aliphatic heterocycles. The molecule has 0 atom stereocenters. The van der Waals surface area contributed by atoms with Gasteiger partial charge in [0.15, 0.2) is 0 Å². The van der Waals surface area contributed by atoms with Gasteiger partial charge in [-0.1, -0.05) is 11.6 Å². The molecule has 2 saturated heterocycles. The second-order valence-electron chi connectivity index (χ2n) is 4.72. The molecule has 0 radical (unpaired) electrons. The summed E-state index contributed by atoms with van der Waals surface area (Å²) >= 11 is 5.84. The van der Waals surface area contributed by atoms with Crippen molar-refractivity contribution in [2.24, 2.45) is 5.41 Å². The SMILES string of the molecule is Nc1cc(N2CC3(CCOC3)C2)ncc1Cl. The van der Waals surface area contributed by atoms with Crippen LogP contribution in [0, 0.1) is 5.41 Å². The van der Waals surface area contributed by atoms with E-state index in [1.165, 1.54) is 0 Å². The van der Waals surface area contributed by atoms with Crippen LogP contribution in [0.25, 0.3) is 0 Å². The van der Waals surface area contributed by atoms with Crippen LogP contribution in [0.3, 0.4) is 0 Å². The maximum atomic E-state index is 5.84. The third kappa shape index (κ3) is 1.53. The molecule has 3 rings (SSSR count). The number of rotatable bonds is 1. The zero-order valence-electron chi connectivity index (χ0n) is 8.95. The van der Waals surface area contributed by atoms with E-state index in [1.807, 2.05) is 6.07 Å². The summed E-state index contributed by atoms with van der Waals surface area (Å²) in [5, 5.41) is 0.517. The van der Waals surface area contributed by atoms with Crippen LogP contribution in [-0.4, -0.2) is 31.3 Å². The van der Waals surface area contributed by atoms with Crippen molar-refractivity contribution >= 4 is 23.1 Å². The minimum atomic E-state index is 0.371. The minimum Gasteiger partial charge on any atom is -0.397 e. The molecule has 2 fully saturated rings. The highest BCUT2D eigenvalue weighted by molar-refractivity contribution is 6.32. The highest BCUT2D eigenvalue weighted by Crippen LogP contribution is 2.40. The number of ether oxygens (including phenoxy) is 1. The third-order valence-corrected chi connectivity index (χ3v) is 3.75. The highest BCUT2D eigenvalue weighted by Gasteiger charge is 2.46. The van der Waals surface area contributed by atoms with Crippen LogP contribution < -0.4 is 10.6 Å². The van der Waals surface area contributed by atoms with Crippen LogP contribution in [0.2, 0.25) is 5.02 Å². The lowest BCUT2D eigenvalue weighted by Gasteiger charge is -2.47. The summed E-state index contributed by atoms with van der Waals surface area (Å²) in [5.41, 5.74) is 6.72. The van der Waals surface area contributed by atoms with E-state index in [0.717, 1.165) is 38.5 Å². The molecule has 0 saturated carbocycles. The molecule has 5 heteroatoms. The Hall–Kier alpha value is -1.00. The van der Waals surface area contributed by atoms with E-state index in [9.17, 15) is 0 Å². The van der Waals surface area contributed by atoms with Gasteiger partial charge in [0.25, 0.3) is 0 Å². The first-order chi connectivity index (χ1) is 7.69. The number of aromatic nitrogens is 1. The first kappa shape index (κ1) is 10.2. The van der Waals surface area contributed by atoms with E-state index >= 15 is 0 Å². The van der Waals surface area contributed by atoms with Crippen LogP contribution in [0.15, 0.2) is 12.3 Å². The summed E-state index contributed by atoms with van der Waals surface area (Å²) in [7, 11) is 0. The van der Waals surface area contributed by atoms with E-state index in [4.69, 9.17) is 22.1 Å². The Balaban J connectivity index is 1.73. The molecule has 1 aromatic heterocycles. The Morgan fingerprint density at radius 2 is 2.31 bits per heavy atom. The Morgan fingerprint density at radius 1 is 1.50 bits per heavy atom. The number of nitrogens with zero attached hydrogens (tertiary/aromatic N) is 2. The van der Waals surface area contributed by atoms with Crippen LogP contribution >= 0.6 is 11.6 Å². The maximum absolute atomic E-state index is 5.84. The van der Waals surface area contributed by atoms with Gasteiger partial charge in [-0.2, -0.15) is 0 Å². The zero-order valence-corrected chi connectivity index (χ0v) is 9.70. The Labute approximate surface area is 99.3 Å². The van der Waals surface area contributed by atoms with Crippen molar-refractivity contribution in [3.05, 3.63) is 17.3 Å². The normalized spacial score (nSPS) is 22.4. The van der Waals surface area contributed by atoms with Gasteiger partial charge in [0.1, 0.15) is 5.82 Å². The Morgan fingerprint density at radius 3 is 2.94 bits per heavy atom. The molecule has 0 amide bonds. The van der Waals surface area contributed by atoms with E-state index in [2.05, 4.69) is 9.88 Å². The number of pyridine rings is 1. The van der Waals surface area contributed by atoms with Gasteiger partial charge in [-0.05, 0) is 6.42 Å². The summed E-state index contributed by atoms with van der Waals surface area (Å²) in [6, 6.07) is 1.84. The summed E-state index contributed by atoms with van der Waals surface area (Å²) in [6.07, 6.45) is 2.77. The van der Waals surface area contributed by atoms with E-state index in [-0.39, 0.29) is 0 Å². The molecule has 0 unspecified atom stereocenters. The highest BCUT2D eigenvalue weighted by atomic mass is 35.5.